The number of methoxy groups -OCH3 is 1. The summed E-state index contributed by atoms with van der Waals surface area (Å²) < 4.78 is 4.99. The molecule has 0 amide bonds. The fourth-order valence-corrected chi connectivity index (χ4v) is 1.52. The summed E-state index contributed by atoms with van der Waals surface area (Å²) in [6.07, 6.45) is 1.85. The zero-order valence-electron chi connectivity index (χ0n) is 7.23. The molecule has 1 aromatic rings. The largest absolute Gasteiger partial charge is 0.390 e. The number of ether oxygens (including phenoxy) is 1. The topological polar surface area (TPSA) is 42.4 Å². The molecule has 2 unspecified atom stereocenters. The Morgan fingerprint density at radius 2 is 2.50 bits per heavy atom. The maximum absolute atomic E-state index is 9.54. The van der Waals surface area contributed by atoms with Crippen molar-refractivity contribution in [1.29, 1.82) is 0 Å². The van der Waals surface area contributed by atoms with Gasteiger partial charge in [-0.2, -0.15) is 0 Å². The lowest BCUT2D eigenvalue weighted by atomic mass is 10.1. The van der Waals surface area contributed by atoms with Crippen LogP contribution in [0.1, 0.15) is 11.8 Å². The van der Waals surface area contributed by atoms with Gasteiger partial charge in [-0.3, -0.25) is 4.98 Å². The first-order chi connectivity index (χ1) is 5.74. The highest BCUT2D eigenvalue weighted by Gasteiger charge is 2.14. The summed E-state index contributed by atoms with van der Waals surface area (Å²) in [5.74, 6) is 0. The van der Waals surface area contributed by atoms with Crippen molar-refractivity contribution < 1.29 is 9.84 Å². The lowest BCUT2D eigenvalue weighted by Gasteiger charge is -2.15. The monoisotopic (exact) mass is 187 g/mol. The van der Waals surface area contributed by atoms with E-state index in [4.69, 9.17) is 4.74 Å². The number of hydrogen-bond acceptors (Lipinski definition) is 4. The van der Waals surface area contributed by atoms with Crippen LogP contribution in [0.5, 0.6) is 0 Å². The molecule has 3 nitrogen and oxygen atoms in total. The SMILES string of the molecule is COC(C)C(O)Cc1cncs1. The average Bonchev–Trinajstić information content (AvgIpc) is 2.55. The summed E-state index contributed by atoms with van der Waals surface area (Å²) in [6.45, 7) is 1.85. The first-order valence-electron chi connectivity index (χ1n) is 3.82. The van der Waals surface area contributed by atoms with Crippen molar-refractivity contribution in [2.24, 2.45) is 0 Å². The van der Waals surface area contributed by atoms with Gasteiger partial charge in [0.25, 0.3) is 0 Å². The number of aromatic nitrogens is 1. The van der Waals surface area contributed by atoms with E-state index in [1.807, 2.05) is 6.92 Å². The lowest BCUT2D eigenvalue weighted by Crippen LogP contribution is -2.26. The molecule has 0 fully saturated rings. The van der Waals surface area contributed by atoms with Gasteiger partial charge in [-0.05, 0) is 6.92 Å². The van der Waals surface area contributed by atoms with Gasteiger partial charge in [-0.15, -0.1) is 11.3 Å². The van der Waals surface area contributed by atoms with Crippen molar-refractivity contribution in [2.45, 2.75) is 25.6 Å². The van der Waals surface area contributed by atoms with E-state index >= 15 is 0 Å². The van der Waals surface area contributed by atoms with Crippen molar-refractivity contribution in [2.75, 3.05) is 7.11 Å². The smallest absolute Gasteiger partial charge is 0.0847 e. The number of aliphatic hydroxyl groups is 1. The summed E-state index contributed by atoms with van der Waals surface area (Å²) >= 11 is 1.55. The molecule has 1 aromatic heterocycles. The quantitative estimate of drug-likeness (QED) is 0.767. The van der Waals surface area contributed by atoms with Gasteiger partial charge in [0.05, 0.1) is 17.7 Å². The van der Waals surface area contributed by atoms with Crippen LogP contribution in [0.15, 0.2) is 11.7 Å². The predicted molar refractivity (Wildman–Crippen MR) is 48.3 cm³/mol. The molecule has 0 saturated carbocycles. The number of thiazole rings is 1. The molecule has 2 atom stereocenters. The van der Waals surface area contributed by atoms with Crippen LogP contribution in [0.3, 0.4) is 0 Å². The molecule has 0 aliphatic carbocycles. The molecule has 0 aliphatic rings. The second-order valence-electron chi connectivity index (χ2n) is 2.68. The van der Waals surface area contributed by atoms with Crippen LogP contribution in [0.25, 0.3) is 0 Å². The van der Waals surface area contributed by atoms with Gasteiger partial charge in [0.1, 0.15) is 0 Å². The number of nitrogens with zero attached hydrogens (tertiary/aromatic N) is 1. The molecule has 1 rings (SSSR count). The van der Waals surface area contributed by atoms with Gasteiger partial charge in [0.15, 0.2) is 0 Å². The third-order valence-electron chi connectivity index (χ3n) is 1.81. The Morgan fingerprint density at radius 1 is 1.75 bits per heavy atom. The first-order valence-corrected chi connectivity index (χ1v) is 4.70. The van der Waals surface area contributed by atoms with Crippen molar-refractivity contribution in [1.82, 2.24) is 4.98 Å². The molecule has 0 saturated heterocycles. The Morgan fingerprint density at radius 3 is 3.00 bits per heavy atom. The van der Waals surface area contributed by atoms with E-state index < -0.39 is 6.10 Å². The van der Waals surface area contributed by atoms with Crippen molar-refractivity contribution >= 4 is 11.3 Å². The van der Waals surface area contributed by atoms with E-state index in [1.165, 1.54) is 0 Å². The fraction of sp³-hybridized carbons (Fsp3) is 0.625. The van der Waals surface area contributed by atoms with Crippen molar-refractivity contribution in [3.8, 4) is 0 Å². The van der Waals surface area contributed by atoms with E-state index in [0.29, 0.717) is 6.42 Å². The Bertz CT molecular complexity index is 213. The van der Waals surface area contributed by atoms with Gasteiger partial charge in [0, 0.05) is 24.6 Å². The van der Waals surface area contributed by atoms with Crippen LogP contribution >= 0.6 is 11.3 Å². The van der Waals surface area contributed by atoms with E-state index in [-0.39, 0.29) is 6.10 Å². The summed E-state index contributed by atoms with van der Waals surface area (Å²) in [4.78, 5) is 5.02. The zero-order chi connectivity index (χ0) is 8.97. The first kappa shape index (κ1) is 9.64. The maximum Gasteiger partial charge on any atom is 0.0847 e. The van der Waals surface area contributed by atoms with Gasteiger partial charge in [-0.1, -0.05) is 0 Å². The number of rotatable bonds is 4. The van der Waals surface area contributed by atoms with Gasteiger partial charge in [0.2, 0.25) is 0 Å². The van der Waals surface area contributed by atoms with Crippen LogP contribution < -0.4 is 0 Å². The molecule has 0 spiro atoms. The highest BCUT2D eigenvalue weighted by Crippen LogP contribution is 2.11. The fourth-order valence-electron chi connectivity index (χ4n) is 0.872. The second-order valence-corrected chi connectivity index (χ2v) is 3.65. The van der Waals surface area contributed by atoms with E-state index in [0.717, 1.165) is 4.88 Å². The Balaban J connectivity index is 2.41. The molecule has 0 aromatic carbocycles. The van der Waals surface area contributed by atoms with Crippen LogP contribution in [0, 0.1) is 0 Å². The van der Waals surface area contributed by atoms with Crippen molar-refractivity contribution in [3.05, 3.63) is 16.6 Å². The van der Waals surface area contributed by atoms with Gasteiger partial charge in [-0.25, -0.2) is 0 Å². The Hall–Kier alpha value is -0.450. The highest BCUT2D eigenvalue weighted by molar-refractivity contribution is 7.09. The molecule has 4 heteroatoms. The summed E-state index contributed by atoms with van der Waals surface area (Å²) in [7, 11) is 1.60. The normalized spacial score (nSPS) is 15.9. The molecule has 1 N–H and O–H groups in total. The highest BCUT2D eigenvalue weighted by atomic mass is 32.1. The summed E-state index contributed by atoms with van der Waals surface area (Å²) in [5.41, 5.74) is 1.76. The summed E-state index contributed by atoms with van der Waals surface area (Å²) in [6, 6.07) is 0. The average molecular weight is 187 g/mol. The van der Waals surface area contributed by atoms with Crippen LogP contribution in [-0.2, 0) is 11.2 Å². The van der Waals surface area contributed by atoms with E-state index in [2.05, 4.69) is 4.98 Å². The third kappa shape index (κ3) is 2.55. The van der Waals surface area contributed by atoms with Crippen LogP contribution in [0.2, 0.25) is 0 Å². The molecule has 0 radical (unpaired) electrons. The van der Waals surface area contributed by atoms with Gasteiger partial charge < -0.3 is 9.84 Å². The lowest BCUT2D eigenvalue weighted by molar-refractivity contribution is 0.000768. The minimum atomic E-state index is -0.435. The van der Waals surface area contributed by atoms with Crippen molar-refractivity contribution in [3.63, 3.8) is 0 Å². The molecule has 1 heterocycles. The minimum Gasteiger partial charge on any atom is -0.390 e. The summed E-state index contributed by atoms with van der Waals surface area (Å²) in [5, 5.41) is 9.54. The Labute approximate surface area is 76.0 Å². The molecule has 12 heavy (non-hydrogen) atoms. The molecule has 68 valence electrons. The molecule has 0 bridgehead atoms. The molecular weight excluding hydrogens is 174 g/mol. The van der Waals surface area contributed by atoms with E-state index in [1.54, 1.807) is 30.2 Å². The molecular formula is C8H13NO2S. The predicted octanol–water partition coefficient (Wildman–Crippen LogP) is 1.08. The van der Waals surface area contributed by atoms with Crippen LogP contribution in [0.4, 0.5) is 0 Å². The van der Waals surface area contributed by atoms with E-state index in [9.17, 15) is 5.11 Å². The van der Waals surface area contributed by atoms with Gasteiger partial charge >= 0.3 is 0 Å². The Kier molecular flexibility index (Phi) is 3.65. The number of aliphatic hydroxyl groups excluding tert-OH is 1. The van der Waals surface area contributed by atoms with Crippen LogP contribution in [-0.4, -0.2) is 29.4 Å². The molecule has 0 aliphatic heterocycles. The maximum atomic E-state index is 9.54. The standard InChI is InChI=1S/C8H13NO2S/c1-6(11-2)8(10)3-7-4-9-5-12-7/h4-6,8,10H,3H2,1-2H3. The second kappa shape index (κ2) is 4.54. The minimum absolute atomic E-state index is 0.118. The zero-order valence-corrected chi connectivity index (χ0v) is 8.04. The number of hydrogen-bond donors (Lipinski definition) is 1. The third-order valence-corrected chi connectivity index (χ3v) is 2.61.